The maximum Gasteiger partial charge on any atom is -0.00760 e. The molecule has 10 heavy (non-hydrogen) atoms. The Morgan fingerprint density at radius 2 is 2.00 bits per heavy atom. The lowest BCUT2D eigenvalue weighted by molar-refractivity contribution is 1.15. The van der Waals surface area contributed by atoms with Crippen LogP contribution in [-0.2, 0) is 0 Å². The molecular weight excluding hydrogens is 120 g/mol. The summed E-state index contributed by atoms with van der Waals surface area (Å²) in [6.45, 7) is 9.98. The second-order valence-electron chi connectivity index (χ2n) is 2.50. The van der Waals surface area contributed by atoms with E-state index in [0.717, 1.165) is 6.42 Å². The molecule has 0 rings (SSSR count). The van der Waals surface area contributed by atoms with Gasteiger partial charge in [0.25, 0.3) is 0 Å². The SMILES string of the molecule is C=C(C)CC(/C=C\C)=C/C. The van der Waals surface area contributed by atoms with Gasteiger partial charge in [0.1, 0.15) is 0 Å². The van der Waals surface area contributed by atoms with E-state index in [0.29, 0.717) is 0 Å². The van der Waals surface area contributed by atoms with Crippen molar-refractivity contribution >= 4 is 0 Å². The van der Waals surface area contributed by atoms with Crippen LogP contribution >= 0.6 is 0 Å². The summed E-state index contributed by atoms with van der Waals surface area (Å²) in [6, 6.07) is 0. The molecule has 0 atom stereocenters. The minimum Gasteiger partial charge on any atom is -0.0998 e. The Bertz CT molecular complexity index is 159. The highest BCUT2D eigenvalue weighted by molar-refractivity contribution is 5.22. The van der Waals surface area contributed by atoms with Gasteiger partial charge in [-0.2, -0.15) is 0 Å². The third kappa shape index (κ3) is 4.13. The van der Waals surface area contributed by atoms with E-state index in [1.54, 1.807) is 0 Å². The Balaban J connectivity index is 3.98. The molecule has 0 aromatic heterocycles. The summed E-state index contributed by atoms with van der Waals surface area (Å²) in [6.07, 6.45) is 7.29. The minimum absolute atomic E-state index is 1.00. The van der Waals surface area contributed by atoms with Gasteiger partial charge in [0, 0.05) is 0 Å². The van der Waals surface area contributed by atoms with Crippen molar-refractivity contribution in [2.24, 2.45) is 0 Å². The van der Waals surface area contributed by atoms with Crippen LogP contribution in [0.25, 0.3) is 0 Å². The summed E-state index contributed by atoms with van der Waals surface area (Å²) in [5, 5.41) is 0. The summed E-state index contributed by atoms with van der Waals surface area (Å²) in [5.74, 6) is 0. The molecule has 0 saturated heterocycles. The van der Waals surface area contributed by atoms with Gasteiger partial charge in [-0.1, -0.05) is 30.4 Å². The van der Waals surface area contributed by atoms with E-state index in [4.69, 9.17) is 0 Å². The first-order chi connectivity index (χ1) is 4.70. The van der Waals surface area contributed by atoms with E-state index in [-0.39, 0.29) is 0 Å². The van der Waals surface area contributed by atoms with E-state index in [9.17, 15) is 0 Å². The molecule has 0 N–H and O–H groups in total. The highest BCUT2D eigenvalue weighted by Crippen LogP contribution is 2.09. The molecule has 0 spiro atoms. The molecule has 0 amide bonds. The average Bonchev–Trinajstić information content (AvgIpc) is 1.86. The van der Waals surface area contributed by atoms with Crippen molar-refractivity contribution in [3.63, 3.8) is 0 Å². The van der Waals surface area contributed by atoms with Crippen LogP contribution in [0.2, 0.25) is 0 Å². The van der Waals surface area contributed by atoms with Gasteiger partial charge in [-0.15, -0.1) is 0 Å². The molecule has 0 aromatic carbocycles. The first-order valence-corrected chi connectivity index (χ1v) is 3.63. The molecule has 0 heterocycles. The number of allylic oxidation sites excluding steroid dienone is 5. The second-order valence-corrected chi connectivity index (χ2v) is 2.50. The molecule has 0 heteroatoms. The van der Waals surface area contributed by atoms with Crippen LogP contribution in [0.15, 0.2) is 36.0 Å². The van der Waals surface area contributed by atoms with Crippen LogP contribution in [0.5, 0.6) is 0 Å². The third-order valence-electron chi connectivity index (χ3n) is 1.26. The molecule has 0 radical (unpaired) electrons. The minimum atomic E-state index is 1.00. The zero-order valence-electron chi connectivity index (χ0n) is 7.15. The van der Waals surface area contributed by atoms with Crippen molar-refractivity contribution in [2.75, 3.05) is 0 Å². The van der Waals surface area contributed by atoms with Gasteiger partial charge in [-0.05, 0) is 32.8 Å². The molecule has 0 aliphatic rings. The zero-order chi connectivity index (χ0) is 7.98. The lowest BCUT2D eigenvalue weighted by Crippen LogP contribution is -1.78. The first kappa shape index (κ1) is 9.22. The fourth-order valence-electron chi connectivity index (χ4n) is 0.820. The normalized spacial score (nSPS) is 12.5. The molecule has 0 saturated carbocycles. The topological polar surface area (TPSA) is 0 Å². The van der Waals surface area contributed by atoms with Crippen molar-refractivity contribution in [1.82, 2.24) is 0 Å². The van der Waals surface area contributed by atoms with E-state index in [1.807, 2.05) is 13.8 Å². The Kier molecular flexibility index (Phi) is 4.65. The van der Waals surface area contributed by atoms with Gasteiger partial charge in [0.2, 0.25) is 0 Å². The van der Waals surface area contributed by atoms with E-state index < -0.39 is 0 Å². The van der Waals surface area contributed by atoms with Crippen molar-refractivity contribution in [2.45, 2.75) is 27.2 Å². The Morgan fingerprint density at radius 1 is 1.40 bits per heavy atom. The van der Waals surface area contributed by atoms with Crippen LogP contribution in [0, 0.1) is 0 Å². The van der Waals surface area contributed by atoms with Crippen LogP contribution in [0.1, 0.15) is 27.2 Å². The highest BCUT2D eigenvalue weighted by Gasteiger charge is 1.89. The summed E-state index contributed by atoms with van der Waals surface area (Å²) in [7, 11) is 0. The lowest BCUT2D eigenvalue weighted by Gasteiger charge is -1.98. The monoisotopic (exact) mass is 136 g/mol. The predicted octanol–water partition coefficient (Wildman–Crippen LogP) is 3.48. The fraction of sp³-hybridized carbons (Fsp3) is 0.400. The molecule has 0 fully saturated rings. The van der Waals surface area contributed by atoms with Crippen molar-refractivity contribution in [1.29, 1.82) is 0 Å². The second kappa shape index (κ2) is 5.04. The summed E-state index contributed by atoms with van der Waals surface area (Å²) in [4.78, 5) is 0. The molecule has 0 nitrogen and oxygen atoms in total. The third-order valence-corrected chi connectivity index (χ3v) is 1.26. The van der Waals surface area contributed by atoms with Crippen molar-refractivity contribution in [3.05, 3.63) is 36.0 Å². The Morgan fingerprint density at radius 3 is 2.30 bits per heavy atom. The number of hydrogen-bond acceptors (Lipinski definition) is 0. The van der Waals surface area contributed by atoms with E-state index in [1.165, 1.54) is 11.1 Å². The smallest absolute Gasteiger partial charge is 0.00760 e. The summed E-state index contributed by atoms with van der Waals surface area (Å²) in [5.41, 5.74) is 2.56. The van der Waals surface area contributed by atoms with Gasteiger partial charge >= 0.3 is 0 Å². The lowest BCUT2D eigenvalue weighted by atomic mass is 10.1. The van der Waals surface area contributed by atoms with Gasteiger partial charge in [0.05, 0.1) is 0 Å². The van der Waals surface area contributed by atoms with E-state index in [2.05, 4.69) is 31.7 Å². The fourth-order valence-corrected chi connectivity index (χ4v) is 0.820. The maximum atomic E-state index is 3.85. The van der Waals surface area contributed by atoms with Crippen LogP contribution in [0.3, 0.4) is 0 Å². The predicted molar refractivity (Wildman–Crippen MR) is 48.0 cm³/mol. The Labute approximate surface area is 64.0 Å². The number of hydrogen-bond donors (Lipinski definition) is 0. The molecule has 0 bridgehead atoms. The van der Waals surface area contributed by atoms with Crippen LogP contribution in [-0.4, -0.2) is 0 Å². The van der Waals surface area contributed by atoms with Gasteiger partial charge < -0.3 is 0 Å². The quantitative estimate of drug-likeness (QED) is 0.411. The van der Waals surface area contributed by atoms with Crippen molar-refractivity contribution in [3.8, 4) is 0 Å². The maximum absolute atomic E-state index is 3.85. The standard InChI is InChI=1S/C10H16/c1-5-7-10(6-2)8-9(3)4/h5-7H,3,8H2,1-2,4H3/b7-5-,10-6+. The average molecular weight is 136 g/mol. The largest absolute Gasteiger partial charge is 0.0998 e. The van der Waals surface area contributed by atoms with Crippen molar-refractivity contribution < 1.29 is 0 Å². The zero-order valence-corrected chi connectivity index (χ0v) is 7.15. The molecule has 56 valence electrons. The number of rotatable bonds is 3. The van der Waals surface area contributed by atoms with E-state index >= 15 is 0 Å². The summed E-state index contributed by atoms with van der Waals surface area (Å²) >= 11 is 0. The summed E-state index contributed by atoms with van der Waals surface area (Å²) < 4.78 is 0. The molecule has 0 unspecified atom stereocenters. The van der Waals surface area contributed by atoms with Crippen LogP contribution < -0.4 is 0 Å². The molecule has 0 aliphatic carbocycles. The molecule has 0 aliphatic heterocycles. The van der Waals surface area contributed by atoms with Gasteiger partial charge in [-0.3, -0.25) is 0 Å². The Hall–Kier alpha value is -0.780. The van der Waals surface area contributed by atoms with Gasteiger partial charge in [-0.25, -0.2) is 0 Å². The molecule has 0 aromatic rings. The first-order valence-electron chi connectivity index (χ1n) is 3.63. The van der Waals surface area contributed by atoms with Gasteiger partial charge in [0.15, 0.2) is 0 Å². The highest BCUT2D eigenvalue weighted by atomic mass is 13.9. The van der Waals surface area contributed by atoms with Crippen LogP contribution in [0.4, 0.5) is 0 Å². The molecular formula is C10H16.